The first kappa shape index (κ1) is 26.1. The van der Waals surface area contributed by atoms with Crippen molar-refractivity contribution < 1.29 is 14.3 Å². The highest BCUT2D eigenvalue weighted by atomic mass is 16.5. The maximum atomic E-state index is 13.9. The van der Waals surface area contributed by atoms with Crippen molar-refractivity contribution in [1.29, 1.82) is 0 Å². The molecular weight excluding hydrogens is 466 g/mol. The molecule has 4 rings (SSSR count). The van der Waals surface area contributed by atoms with Gasteiger partial charge in [-0.3, -0.25) is 14.2 Å². The molecule has 0 N–H and O–H groups in total. The fourth-order valence-corrected chi connectivity index (χ4v) is 4.43. The Morgan fingerprint density at radius 3 is 2.41 bits per heavy atom. The zero-order valence-electron chi connectivity index (χ0n) is 21.8. The van der Waals surface area contributed by atoms with Gasteiger partial charge in [-0.1, -0.05) is 43.3 Å². The fourth-order valence-electron chi connectivity index (χ4n) is 4.43. The number of carbonyl (C=O) groups excluding carboxylic acids is 1. The van der Waals surface area contributed by atoms with Crippen LogP contribution in [0.5, 0.6) is 5.75 Å². The van der Waals surface area contributed by atoms with Crippen LogP contribution in [0.15, 0.2) is 77.6 Å². The van der Waals surface area contributed by atoms with Gasteiger partial charge in [-0.05, 0) is 62.2 Å². The second kappa shape index (κ2) is 11.8. The third-order valence-corrected chi connectivity index (χ3v) is 6.46. The summed E-state index contributed by atoms with van der Waals surface area (Å²) in [6.45, 7) is 7.00. The lowest BCUT2D eigenvalue weighted by Crippen LogP contribution is -2.39. The summed E-state index contributed by atoms with van der Waals surface area (Å²) in [4.78, 5) is 34.3. The van der Waals surface area contributed by atoms with Crippen LogP contribution in [0, 0.1) is 0 Å². The van der Waals surface area contributed by atoms with E-state index in [1.54, 1.807) is 22.6 Å². The molecule has 0 saturated carbocycles. The third kappa shape index (κ3) is 5.42. The molecule has 0 fully saturated rings. The minimum Gasteiger partial charge on any atom is -0.492 e. The molecule has 1 amide bonds. The number of nitrogens with zero attached hydrogens (tertiary/aromatic N) is 3. The lowest BCUT2D eigenvalue weighted by Gasteiger charge is -2.31. The summed E-state index contributed by atoms with van der Waals surface area (Å²) in [5, 5.41) is 0.495. The smallest absolute Gasteiger partial charge is 0.266 e. The van der Waals surface area contributed by atoms with Gasteiger partial charge >= 0.3 is 0 Å². The van der Waals surface area contributed by atoms with E-state index in [0.717, 1.165) is 12.0 Å². The van der Waals surface area contributed by atoms with Crippen LogP contribution in [0.25, 0.3) is 16.6 Å². The Kier molecular flexibility index (Phi) is 8.36. The molecule has 0 aliphatic carbocycles. The summed E-state index contributed by atoms with van der Waals surface area (Å²) in [5.74, 6) is 0.868. The number of aromatic nitrogens is 2. The summed E-state index contributed by atoms with van der Waals surface area (Å²) in [7, 11) is 1.60. The van der Waals surface area contributed by atoms with Gasteiger partial charge in [0.1, 0.15) is 11.6 Å². The molecule has 1 aromatic heterocycles. The fraction of sp³-hybridized carbons (Fsp3) is 0.300. The van der Waals surface area contributed by atoms with Crippen molar-refractivity contribution in [2.75, 3.05) is 26.9 Å². The predicted molar refractivity (Wildman–Crippen MR) is 146 cm³/mol. The Morgan fingerprint density at radius 2 is 1.70 bits per heavy atom. The molecule has 0 spiro atoms. The highest BCUT2D eigenvalue weighted by Crippen LogP contribution is 2.28. The van der Waals surface area contributed by atoms with Gasteiger partial charge in [-0.2, -0.15) is 0 Å². The molecule has 7 heteroatoms. The van der Waals surface area contributed by atoms with Crippen LogP contribution in [0.3, 0.4) is 0 Å². The third-order valence-electron chi connectivity index (χ3n) is 6.46. The Balaban J connectivity index is 1.90. The molecule has 0 saturated heterocycles. The monoisotopic (exact) mass is 499 g/mol. The Bertz CT molecular complexity index is 1430. The molecule has 7 nitrogen and oxygen atoms in total. The minimum atomic E-state index is -0.541. The molecule has 192 valence electrons. The van der Waals surface area contributed by atoms with E-state index >= 15 is 0 Å². The Labute approximate surface area is 217 Å². The zero-order valence-corrected chi connectivity index (χ0v) is 21.8. The number of carbonyl (C=O) groups is 1. The Morgan fingerprint density at radius 1 is 1.00 bits per heavy atom. The van der Waals surface area contributed by atoms with Crippen LogP contribution in [-0.2, 0) is 11.2 Å². The number of para-hydroxylation sites is 3. The molecule has 1 heterocycles. The van der Waals surface area contributed by atoms with Gasteiger partial charge in [0.25, 0.3) is 11.5 Å². The normalized spacial score (nSPS) is 11.9. The van der Waals surface area contributed by atoms with Crippen LogP contribution in [0.2, 0.25) is 0 Å². The summed E-state index contributed by atoms with van der Waals surface area (Å²) >= 11 is 0. The summed E-state index contributed by atoms with van der Waals surface area (Å²) in [6.07, 6.45) is 0.894. The molecule has 0 bridgehead atoms. The van der Waals surface area contributed by atoms with Crippen molar-refractivity contribution in [2.45, 2.75) is 33.2 Å². The van der Waals surface area contributed by atoms with E-state index in [4.69, 9.17) is 14.5 Å². The minimum absolute atomic E-state index is 0.153. The maximum Gasteiger partial charge on any atom is 0.266 e. The quantitative estimate of drug-likeness (QED) is 0.300. The summed E-state index contributed by atoms with van der Waals surface area (Å²) in [6, 6.07) is 21.7. The van der Waals surface area contributed by atoms with Crippen molar-refractivity contribution in [3.8, 4) is 11.4 Å². The zero-order chi connectivity index (χ0) is 26.4. The number of hydrogen-bond donors (Lipinski definition) is 0. The number of methoxy groups -OCH3 is 1. The van der Waals surface area contributed by atoms with Gasteiger partial charge in [-0.15, -0.1) is 0 Å². The summed E-state index contributed by atoms with van der Waals surface area (Å²) < 4.78 is 12.8. The second-order valence-corrected chi connectivity index (χ2v) is 8.75. The van der Waals surface area contributed by atoms with Gasteiger partial charge in [0, 0.05) is 19.2 Å². The van der Waals surface area contributed by atoms with Crippen LogP contribution in [0.1, 0.15) is 48.6 Å². The SMILES string of the molecule is CCOc1ccccc1-n1c(C(C)N(CCOC)C(=O)c2ccc(CC)cc2)nc2ccccc2c1=O. The topological polar surface area (TPSA) is 73.7 Å². The average Bonchev–Trinajstić information content (AvgIpc) is 2.93. The van der Waals surface area contributed by atoms with Crippen molar-refractivity contribution in [2.24, 2.45) is 0 Å². The van der Waals surface area contributed by atoms with Crippen molar-refractivity contribution >= 4 is 16.8 Å². The van der Waals surface area contributed by atoms with E-state index in [2.05, 4.69) is 6.92 Å². The molecule has 0 aliphatic heterocycles. The van der Waals surface area contributed by atoms with E-state index in [0.29, 0.717) is 53.5 Å². The molecular formula is C30H33N3O4. The molecule has 0 aliphatic rings. The number of amides is 1. The molecule has 37 heavy (non-hydrogen) atoms. The highest BCUT2D eigenvalue weighted by molar-refractivity contribution is 5.94. The van der Waals surface area contributed by atoms with Gasteiger partial charge in [0.05, 0.1) is 35.8 Å². The standard InChI is InChI=1S/C30H33N3O4/c1-5-22-15-17-23(18-16-22)29(34)32(19-20-36-4)21(3)28-31-25-12-8-7-11-24(25)30(35)33(28)26-13-9-10-14-27(26)37-6-2/h7-18,21H,5-6,19-20H2,1-4H3. The second-order valence-electron chi connectivity index (χ2n) is 8.75. The van der Waals surface area contributed by atoms with E-state index in [-0.39, 0.29) is 11.5 Å². The maximum absolute atomic E-state index is 13.9. The van der Waals surface area contributed by atoms with Crippen LogP contribution in [0.4, 0.5) is 0 Å². The lowest BCUT2D eigenvalue weighted by atomic mass is 10.1. The number of ether oxygens (including phenoxy) is 2. The van der Waals surface area contributed by atoms with Crippen LogP contribution >= 0.6 is 0 Å². The predicted octanol–water partition coefficient (Wildman–Crippen LogP) is 5.20. The molecule has 0 radical (unpaired) electrons. The van der Waals surface area contributed by atoms with Crippen molar-refractivity contribution in [1.82, 2.24) is 14.5 Å². The number of aryl methyl sites for hydroxylation is 1. The van der Waals surface area contributed by atoms with Crippen LogP contribution in [-0.4, -0.2) is 47.2 Å². The van der Waals surface area contributed by atoms with E-state index in [9.17, 15) is 9.59 Å². The number of fused-ring (bicyclic) bond motifs is 1. The van der Waals surface area contributed by atoms with Gasteiger partial charge in [0.15, 0.2) is 0 Å². The first-order valence-corrected chi connectivity index (χ1v) is 12.6. The largest absolute Gasteiger partial charge is 0.492 e. The molecule has 4 aromatic rings. The lowest BCUT2D eigenvalue weighted by molar-refractivity contribution is 0.0605. The first-order chi connectivity index (χ1) is 18.0. The first-order valence-electron chi connectivity index (χ1n) is 12.6. The summed E-state index contributed by atoms with van der Waals surface area (Å²) in [5.41, 5.74) is 2.67. The van der Waals surface area contributed by atoms with Gasteiger partial charge in [-0.25, -0.2) is 4.98 Å². The van der Waals surface area contributed by atoms with E-state index in [1.807, 2.05) is 80.6 Å². The average molecular weight is 500 g/mol. The number of hydrogen-bond acceptors (Lipinski definition) is 5. The van der Waals surface area contributed by atoms with E-state index in [1.165, 1.54) is 0 Å². The number of rotatable bonds is 10. The Hall–Kier alpha value is -3.97. The van der Waals surface area contributed by atoms with E-state index < -0.39 is 6.04 Å². The van der Waals surface area contributed by atoms with Crippen LogP contribution < -0.4 is 10.3 Å². The van der Waals surface area contributed by atoms with Crippen molar-refractivity contribution in [3.63, 3.8) is 0 Å². The van der Waals surface area contributed by atoms with Gasteiger partial charge in [0.2, 0.25) is 0 Å². The molecule has 1 unspecified atom stereocenters. The highest BCUT2D eigenvalue weighted by Gasteiger charge is 2.28. The van der Waals surface area contributed by atoms with Crippen molar-refractivity contribution in [3.05, 3.63) is 100 Å². The number of benzene rings is 3. The molecule has 1 atom stereocenters. The molecule has 3 aromatic carbocycles. The van der Waals surface area contributed by atoms with Gasteiger partial charge < -0.3 is 14.4 Å².